The molecule has 39 heavy (non-hydrogen) atoms. The zero-order valence-electron chi connectivity index (χ0n) is 22.3. The number of carbonyl (C=O) groups excluding carboxylic acids is 1. The molecule has 1 saturated carbocycles. The smallest absolute Gasteiger partial charge is 0.281 e. The van der Waals surface area contributed by atoms with E-state index in [0.29, 0.717) is 35.8 Å². The zero-order chi connectivity index (χ0) is 28.5. The predicted molar refractivity (Wildman–Crippen MR) is 154 cm³/mol. The van der Waals surface area contributed by atoms with Crippen molar-refractivity contribution in [2.24, 2.45) is 16.6 Å². The number of alkyl halides is 2. The van der Waals surface area contributed by atoms with Crippen molar-refractivity contribution in [2.75, 3.05) is 18.6 Å². The Balaban J connectivity index is 2.06. The highest BCUT2D eigenvalue weighted by molar-refractivity contribution is 8.26. The summed E-state index contributed by atoms with van der Waals surface area (Å²) in [6, 6.07) is 0.474. The maximum Gasteiger partial charge on any atom is 0.281 e. The summed E-state index contributed by atoms with van der Waals surface area (Å²) in [6.07, 6.45) is 6.80. The standard InChI is InChI=1S/C28H34F2N6O2S/c1-5-7-17(3)36(12-6-2)25-14-19(20-13-22(26(29)30)33-16-23(20)38-4)21(15-34-25)27(37)35-28(32)39-24(31)11-10-18-8-9-18/h5,13-18,22,26,31,33H,1,6-9,12H2,2-4H3,(H2,32,35,37)/t17-,22?/m1/s1. The first kappa shape index (κ1) is 29.9. The van der Waals surface area contributed by atoms with Crippen molar-refractivity contribution in [1.82, 2.24) is 10.3 Å². The third kappa shape index (κ3) is 8.17. The summed E-state index contributed by atoms with van der Waals surface area (Å²) in [5.41, 5.74) is 6.67. The SMILES string of the molecule is C=CC[C@@H](C)N(CCC)c1cc(C2=CC(C(F)F)NC=C2OC)c(C(=O)N=C(N)SC(=N)C#CC2CC2)cn1. The molecule has 2 heterocycles. The number of nitrogens with one attached hydrogen (secondary N) is 2. The number of dihydropyridines is 1. The number of ether oxygens (including phenoxy) is 1. The highest BCUT2D eigenvalue weighted by Gasteiger charge is 2.28. The number of aromatic nitrogens is 1. The normalized spacial score (nSPS) is 17.7. The number of methoxy groups -OCH3 is 1. The van der Waals surface area contributed by atoms with E-state index in [0.717, 1.165) is 31.0 Å². The van der Waals surface area contributed by atoms with Gasteiger partial charge in [-0.3, -0.25) is 10.2 Å². The van der Waals surface area contributed by atoms with Crippen LogP contribution in [0.15, 0.2) is 47.9 Å². The fourth-order valence-corrected chi connectivity index (χ4v) is 4.42. The summed E-state index contributed by atoms with van der Waals surface area (Å²) in [4.78, 5) is 23.9. The maximum atomic E-state index is 13.7. The molecule has 0 bridgehead atoms. The molecule has 3 rings (SSSR count). The van der Waals surface area contributed by atoms with E-state index in [4.69, 9.17) is 15.9 Å². The van der Waals surface area contributed by atoms with Crippen molar-refractivity contribution >= 4 is 39.3 Å². The van der Waals surface area contributed by atoms with Gasteiger partial charge in [0.15, 0.2) is 5.17 Å². The number of rotatable bonds is 10. The number of pyridine rings is 1. The Labute approximate surface area is 232 Å². The summed E-state index contributed by atoms with van der Waals surface area (Å²) in [7, 11) is 1.42. The molecule has 1 aromatic rings. The molecule has 0 spiro atoms. The lowest BCUT2D eigenvalue weighted by Crippen LogP contribution is -2.35. The third-order valence-corrected chi connectivity index (χ3v) is 6.71. The van der Waals surface area contributed by atoms with Crippen LogP contribution in [-0.2, 0) is 4.74 Å². The fourth-order valence-electron chi connectivity index (χ4n) is 3.97. The Kier molecular flexibility index (Phi) is 10.7. The highest BCUT2D eigenvalue weighted by Crippen LogP contribution is 2.33. The molecule has 0 saturated heterocycles. The highest BCUT2D eigenvalue weighted by atomic mass is 32.2. The third-order valence-electron chi connectivity index (χ3n) is 6.10. The van der Waals surface area contributed by atoms with Crippen LogP contribution in [0.4, 0.5) is 14.6 Å². The largest absolute Gasteiger partial charge is 0.495 e. The Morgan fingerprint density at radius 2 is 2.23 bits per heavy atom. The number of amidine groups is 1. The molecule has 1 amide bonds. The Hall–Kier alpha value is -3.65. The maximum absolute atomic E-state index is 13.7. The molecule has 2 atom stereocenters. The van der Waals surface area contributed by atoms with Gasteiger partial charge in [-0.2, -0.15) is 4.99 Å². The quantitative estimate of drug-likeness (QED) is 0.162. The van der Waals surface area contributed by atoms with Crippen molar-refractivity contribution in [3.05, 3.63) is 54.1 Å². The molecule has 208 valence electrons. The Morgan fingerprint density at radius 1 is 1.49 bits per heavy atom. The van der Waals surface area contributed by atoms with E-state index >= 15 is 0 Å². The summed E-state index contributed by atoms with van der Waals surface area (Å²) < 4.78 is 32.8. The Bertz CT molecular complexity index is 1250. The lowest BCUT2D eigenvalue weighted by molar-refractivity contribution is 0.100. The average Bonchev–Trinajstić information content (AvgIpc) is 3.74. The second kappa shape index (κ2) is 13.9. The van der Waals surface area contributed by atoms with Gasteiger partial charge in [0.2, 0.25) is 0 Å². The van der Waals surface area contributed by atoms with E-state index in [-0.39, 0.29) is 27.6 Å². The number of allylic oxidation sites excluding steroid dienone is 1. The van der Waals surface area contributed by atoms with E-state index in [1.807, 2.05) is 19.9 Å². The molecular formula is C28H34F2N6O2S. The first-order valence-corrected chi connectivity index (χ1v) is 13.5. The van der Waals surface area contributed by atoms with Gasteiger partial charge in [0.05, 0.1) is 12.7 Å². The molecule has 0 radical (unpaired) electrons. The van der Waals surface area contributed by atoms with Gasteiger partial charge in [-0.05, 0) is 62.4 Å². The van der Waals surface area contributed by atoms with Crippen LogP contribution in [-0.4, -0.2) is 53.3 Å². The van der Waals surface area contributed by atoms with Crippen molar-refractivity contribution in [3.8, 4) is 11.8 Å². The lowest BCUT2D eigenvalue weighted by Gasteiger charge is -2.30. The van der Waals surface area contributed by atoms with Crippen LogP contribution in [0.1, 0.15) is 55.5 Å². The number of aliphatic imine (C=N–C) groups is 1. The number of thioether (sulfide) groups is 1. The van der Waals surface area contributed by atoms with Gasteiger partial charge in [-0.1, -0.05) is 18.9 Å². The minimum Gasteiger partial charge on any atom is -0.495 e. The minimum atomic E-state index is -2.69. The number of carbonyl (C=O) groups is 1. The van der Waals surface area contributed by atoms with Gasteiger partial charge in [-0.25, -0.2) is 13.8 Å². The van der Waals surface area contributed by atoms with Crippen LogP contribution >= 0.6 is 11.8 Å². The number of amides is 1. The first-order chi connectivity index (χ1) is 18.7. The van der Waals surface area contributed by atoms with Gasteiger partial charge in [0.1, 0.15) is 22.7 Å². The van der Waals surface area contributed by atoms with E-state index in [1.54, 1.807) is 6.07 Å². The van der Waals surface area contributed by atoms with Gasteiger partial charge in [0.25, 0.3) is 12.3 Å². The number of halogens is 2. The second-order valence-corrected chi connectivity index (χ2v) is 10.2. The number of nitrogens with two attached hydrogens (primary N) is 1. The van der Waals surface area contributed by atoms with Crippen LogP contribution in [0.25, 0.3) is 5.57 Å². The molecule has 1 fully saturated rings. The first-order valence-electron chi connectivity index (χ1n) is 12.7. The lowest BCUT2D eigenvalue weighted by atomic mass is 9.95. The molecule has 1 unspecified atom stereocenters. The summed E-state index contributed by atoms with van der Waals surface area (Å²) >= 11 is 0.786. The van der Waals surface area contributed by atoms with E-state index in [2.05, 4.69) is 38.6 Å². The van der Waals surface area contributed by atoms with Gasteiger partial charge in [0, 0.05) is 42.0 Å². The average molecular weight is 557 g/mol. The minimum absolute atomic E-state index is 0.0125. The van der Waals surface area contributed by atoms with Crippen LogP contribution in [0.5, 0.6) is 0 Å². The van der Waals surface area contributed by atoms with Gasteiger partial charge in [-0.15, -0.1) is 6.58 Å². The topological polar surface area (TPSA) is 117 Å². The molecule has 2 aliphatic rings. The number of hydrogen-bond acceptors (Lipinski definition) is 7. The molecule has 1 aliphatic carbocycles. The predicted octanol–water partition coefficient (Wildman–Crippen LogP) is 4.95. The molecule has 1 aromatic heterocycles. The molecule has 4 N–H and O–H groups in total. The van der Waals surface area contributed by atoms with Crippen LogP contribution in [0, 0.1) is 23.2 Å². The fraction of sp³-hybridized carbons (Fsp3) is 0.429. The Morgan fingerprint density at radius 3 is 2.85 bits per heavy atom. The van der Waals surface area contributed by atoms with E-state index in [9.17, 15) is 13.6 Å². The van der Waals surface area contributed by atoms with Gasteiger partial charge >= 0.3 is 0 Å². The van der Waals surface area contributed by atoms with Gasteiger partial charge < -0.3 is 20.7 Å². The monoisotopic (exact) mass is 556 g/mol. The van der Waals surface area contributed by atoms with E-state index in [1.165, 1.54) is 25.6 Å². The van der Waals surface area contributed by atoms with E-state index < -0.39 is 18.4 Å². The summed E-state index contributed by atoms with van der Waals surface area (Å²) in [5, 5.41) is 10.4. The van der Waals surface area contributed by atoms with Crippen LogP contribution in [0.2, 0.25) is 0 Å². The summed E-state index contributed by atoms with van der Waals surface area (Å²) in [5.74, 6) is 6.13. The van der Waals surface area contributed by atoms with Crippen molar-refractivity contribution < 1.29 is 18.3 Å². The number of anilines is 1. The van der Waals surface area contributed by atoms with Crippen LogP contribution in [0.3, 0.4) is 0 Å². The molecule has 11 heteroatoms. The number of hydrogen-bond donors (Lipinski definition) is 3. The summed E-state index contributed by atoms with van der Waals surface area (Å²) in [6.45, 7) is 8.60. The molecule has 8 nitrogen and oxygen atoms in total. The molecular weight excluding hydrogens is 522 g/mol. The van der Waals surface area contributed by atoms with Crippen molar-refractivity contribution in [3.63, 3.8) is 0 Å². The van der Waals surface area contributed by atoms with Crippen molar-refractivity contribution in [1.29, 1.82) is 5.41 Å². The molecule has 0 aromatic carbocycles. The van der Waals surface area contributed by atoms with Crippen LogP contribution < -0.4 is 16.0 Å². The second-order valence-electron chi connectivity index (χ2n) is 9.20. The number of nitrogens with zero attached hydrogens (tertiary/aromatic N) is 3. The van der Waals surface area contributed by atoms with Crippen molar-refractivity contribution in [2.45, 2.75) is 58.0 Å². The zero-order valence-corrected chi connectivity index (χ0v) is 23.2. The molecule has 1 aliphatic heterocycles.